The number of nitrogens with one attached hydrogen (secondary N) is 1. The van der Waals surface area contributed by atoms with Crippen molar-refractivity contribution in [2.24, 2.45) is 0 Å². The van der Waals surface area contributed by atoms with Crippen molar-refractivity contribution in [1.29, 1.82) is 0 Å². The minimum Gasteiger partial charge on any atom is -1.00 e. The van der Waals surface area contributed by atoms with Crippen LogP contribution in [0.25, 0.3) is 11.0 Å². The Morgan fingerprint density at radius 3 is 1.79 bits per heavy atom. The molecule has 0 aliphatic carbocycles. The first-order chi connectivity index (χ1) is 6.07. The van der Waals surface area contributed by atoms with Crippen LogP contribution in [0.4, 0.5) is 13.2 Å². The van der Waals surface area contributed by atoms with Gasteiger partial charge in [-0.2, -0.15) is 13.2 Å². The van der Waals surface area contributed by atoms with Crippen LogP contribution in [0.1, 0.15) is 5.82 Å². The molecule has 92 valence electrons. The third kappa shape index (κ3) is 7.42. The number of halogens is 6. The smallest absolute Gasteiger partial charge is 1.00 e. The summed E-state index contributed by atoms with van der Waals surface area (Å²) in [6, 6.07) is 6.38. The quantitative estimate of drug-likeness (QED) is 0.371. The summed E-state index contributed by atoms with van der Waals surface area (Å²) in [5.74, 6) is -0.950. The Bertz CT molecular complexity index is 414. The van der Waals surface area contributed by atoms with E-state index in [4.69, 9.17) is 0 Å². The Kier molecular flexibility index (Phi) is 19.6. The molecule has 2 nitrogen and oxygen atoms in total. The van der Waals surface area contributed by atoms with E-state index in [2.05, 4.69) is 9.97 Å². The topological polar surface area (TPSA) is 28.7 Å². The molecule has 0 spiro atoms. The third-order valence-corrected chi connectivity index (χ3v) is 1.66. The minimum atomic E-state index is -4.40. The number of aromatic nitrogens is 2. The molecule has 1 aromatic heterocycles. The van der Waals surface area contributed by atoms with E-state index in [0.717, 1.165) is 0 Å². The van der Waals surface area contributed by atoms with Crippen molar-refractivity contribution in [2.75, 3.05) is 0 Å². The third-order valence-electron chi connectivity index (χ3n) is 1.66. The first-order valence-electron chi connectivity index (χ1n) is 3.59. The number of hydrogen-bond acceptors (Lipinski definition) is 1. The molecular formula is C8H5F6Li3N2. The molecule has 11 heteroatoms. The molecule has 0 atom stereocenters. The van der Waals surface area contributed by atoms with E-state index in [9.17, 15) is 13.2 Å². The molecule has 2 rings (SSSR count). The first-order valence-corrected chi connectivity index (χ1v) is 3.59. The van der Waals surface area contributed by atoms with Crippen molar-refractivity contribution < 1.29 is 83.9 Å². The van der Waals surface area contributed by atoms with Gasteiger partial charge in [-0.15, -0.1) is 0 Å². The monoisotopic (exact) mass is 264 g/mol. The summed E-state index contributed by atoms with van der Waals surface area (Å²) in [5.41, 5.74) is 0.727. The average Bonchev–Trinajstić information content (AvgIpc) is 2.45. The number of H-pyrrole nitrogens is 1. The van der Waals surface area contributed by atoms with Gasteiger partial charge in [0.25, 0.3) is 0 Å². The van der Waals surface area contributed by atoms with Gasteiger partial charge in [0.05, 0.1) is 11.0 Å². The van der Waals surface area contributed by atoms with Crippen LogP contribution in [0, 0.1) is 0 Å². The minimum absolute atomic E-state index is 0. The predicted octanol–water partition coefficient (Wildman–Crippen LogP) is -15.4. The van der Waals surface area contributed by atoms with E-state index in [1.807, 2.05) is 0 Å². The second-order valence-corrected chi connectivity index (χ2v) is 2.60. The van der Waals surface area contributed by atoms with Gasteiger partial charge in [0.1, 0.15) is 0 Å². The van der Waals surface area contributed by atoms with Gasteiger partial charge >= 0.3 is 62.8 Å². The molecule has 0 aliphatic rings. The Labute approximate surface area is 140 Å². The molecule has 0 fully saturated rings. The van der Waals surface area contributed by atoms with E-state index in [0.29, 0.717) is 11.0 Å². The molecule has 0 amide bonds. The Morgan fingerprint density at radius 1 is 0.895 bits per heavy atom. The summed E-state index contributed by atoms with van der Waals surface area (Å²) in [6.45, 7) is 0. The van der Waals surface area contributed by atoms with Crippen molar-refractivity contribution >= 4 is 11.0 Å². The van der Waals surface area contributed by atoms with Crippen LogP contribution in [0.3, 0.4) is 0 Å². The fourth-order valence-corrected chi connectivity index (χ4v) is 1.09. The normalized spacial score (nSPS) is 8.37. The number of alkyl halides is 3. The van der Waals surface area contributed by atoms with Crippen LogP contribution in [-0.4, -0.2) is 9.97 Å². The number of nitrogens with zero attached hydrogens (tertiary/aromatic N) is 1. The first kappa shape index (κ1) is 31.4. The molecule has 1 heterocycles. The van der Waals surface area contributed by atoms with Crippen LogP contribution in [0.5, 0.6) is 0 Å². The maximum absolute atomic E-state index is 12.1. The van der Waals surface area contributed by atoms with E-state index in [-0.39, 0.29) is 70.7 Å². The summed E-state index contributed by atoms with van der Waals surface area (Å²) in [4.78, 5) is 5.60. The molecule has 0 unspecified atom stereocenters. The number of benzene rings is 1. The number of imidazole rings is 1. The van der Waals surface area contributed by atoms with Crippen molar-refractivity contribution in [3.05, 3.63) is 30.1 Å². The van der Waals surface area contributed by atoms with Crippen molar-refractivity contribution in [1.82, 2.24) is 9.97 Å². The average molecular weight is 264 g/mol. The molecule has 1 N–H and O–H groups in total. The van der Waals surface area contributed by atoms with Crippen LogP contribution in [0.15, 0.2) is 24.3 Å². The molecule has 0 bridgehead atoms. The molecule has 0 radical (unpaired) electrons. The zero-order chi connectivity index (χ0) is 9.47. The van der Waals surface area contributed by atoms with Crippen LogP contribution in [0.2, 0.25) is 0 Å². The summed E-state index contributed by atoms with van der Waals surface area (Å²) >= 11 is 0. The van der Waals surface area contributed by atoms with Crippen molar-refractivity contribution in [2.45, 2.75) is 6.18 Å². The van der Waals surface area contributed by atoms with Gasteiger partial charge in [0.15, 0.2) is 0 Å². The number of para-hydroxylation sites is 2. The summed E-state index contributed by atoms with van der Waals surface area (Å²) < 4.78 is 36.4. The standard InChI is InChI=1S/C8H5F3N2.3FH.3Li/c9-8(10,11)7-12-5-3-1-2-4-6(5)13-7;;;;;;/h1-4H,(H,12,13);3*1H;;;/q;;;;3*+1/p-3. The Morgan fingerprint density at radius 2 is 1.37 bits per heavy atom. The fourth-order valence-electron chi connectivity index (χ4n) is 1.09. The summed E-state index contributed by atoms with van der Waals surface area (Å²) in [6.07, 6.45) is -4.40. The molecule has 1 aromatic carbocycles. The SMILES string of the molecule is FC(F)(F)c1nc2ccccc2[nH]1.[F-].[F-].[F-].[Li+].[Li+].[Li+]. The van der Waals surface area contributed by atoms with Crippen molar-refractivity contribution in [3.8, 4) is 0 Å². The summed E-state index contributed by atoms with van der Waals surface area (Å²) in [5, 5.41) is 0. The van der Waals surface area contributed by atoms with Gasteiger partial charge in [-0.25, -0.2) is 4.98 Å². The van der Waals surface area contributed by atoms with Crippen LogP contribution in [-0.2, 0) is 6.18 Å². The molecule has 0 saturated heterocycles. The van der Waals surface area contributed by atoms with Gasteiger partial charge in [-0.1, -0.05) is 12.1 Å². The molecule has 2 aromatic rings. The van der Waals surface area contributed by atoms with Gasteiger partial charge < -0.3 is 19.1 Å². The Balaban J connectivity index is -0.000000109. The Hall–Kier alpha value is 0.0622. The second kappa shape index (κ2) is 11.9. The maximum atomic E-state index is 12.1. The number of fused-ring (bicyclic) bond motifs is 1. The number of rotatable bonds is 0. The zero-order valence-corrected chi connectivity index (χ0v) is 10.5. The van der Waals surface area contributed by atoms with Crippen molar-refractivity contribution in [3.63, 3.8) is 0 Å². The molecular weight excluding hydrogens is 259 g/mol. The van der Waals surface area contributed by atoms with Gasteiger partial charge in [0, 0.05) is 0 Å². The van der Waals surface area contributed by atoms with E-state index < -0.39 is 12.0 Å². The maximum Gasteiger partial charge on any atom is 1.00 e. The molecule has 19 heavy (non-hydrogen) atoms. The van der Waals surface area contributed by atoms with Gasteiger partial charge in [-0.05, 0) is 12.1 Å². The predicted molar refractivity (Wildman–Crippen MR) is 41.1 cm³/mol. The number of hydrogen-bond donors (Lipinski definition) is 1. The number of aromatic amines is 1. The van der Waals surface area contributed by atoms with Crippen LogP contribution >= 0.6 is 0 Å². The second-order valence-electron chi connectivity index (χ2n) is 2.60. The zero-order valence-electron chi connectivity index (χ0n) is 10.5. The largest absolute Gasteiger partial charge is 1.00 e. The molecule has 0 saturated carbocycles. The fraction of sp³-hybridized carbons (Fsp3) is 0.125. The van der Waals surface area contributed by atoms with E-state index in [1.54, 1.807) is 18.2 Å². The van der Waals surface area contributed by atoms with E-state index in [1.165, 1.54) is 6.07 Å². The van der Waals surface area contributed by atoms with E-state index >= 15 is 0 Å². The van der Waals surface area contributed by atoms with Gasteiger partial charge in [0.2, 0.25) is 5.82 Å². The molecule has 0 aliphatic heterocycles. The van der Waals surface area contributed by atoms with Crippen LogP contribution < -0.4 is 70.7 Å². The van der Waals surface area contributed by atoms with Gasteiger partial charge in [-0.3, -0.25) is 0 Å². The summed E-state index contributed by atoms with van der Waals surface area (Å²) in [7, 11) is 0.